The van der Waals surface area contributed by atoms with Gasteiger partial charge < -0.3 is 21.1 Å². The van der Waals surface area contributed by atoms with E-state index in [4.69, 9.17) is 32.3 Å². The van der Waals surface area contributed by atoms with Crippen LogP contribution in [0, 0.1) is 22.6 Å². The number of nitrogens with zero attached hydrogens (tertiary/aromatic N) is 5. The number of carbonyl (C=O) groups is 1. The Morgan fingerprint density at radius 1 is 1.27 bits per heavy atom. The minimum absolute atomic E-state index is 0.0171. The third kappa shape index (κ3) is 5.04. The Hall–Kier alpha value is -3.49. The monoisotopic (exact) mass is 526 g/mol. The number of nitrogens with two attached hydrogens (primary N) is 1. The van der Waals surface area contributed by atoms with E-state index in [1.807, 2.05) is 17.6 Å². The average Bonchev–Trinajstić information content (AvgIpc) is 3.24. The van der Waals surface area contributed by atoms with E-state index in [-0.39, 0.29) is 34.3 Å². The number of hydrogen-bond acceptors (Lipinski definition) is 8. The fraction of sp³-hybridized carbons (Fsp3) is 0.480. The Kier molecular flexibility index (Phi) is 6.88. The smallest absolute Gasteiger partial charge is 0.224 e. The van der Waals surface area contributed by atoms with Gasteiger partial charge >= 0.3 is 0 Å². The molecule has 10 nitrogen and oxygen atoms in total. The first-order valence-electron chi connectivity index (χ1n) is 12.3. The zero-order chi connectivity index (χ0) is 26.2. The summed E-state index contributed by atoms with van der Waals surface area (Å²) in [5.41, 5.74) is 6.35. The van der Waals surface area contributed by atoms with Crippen LogP contribution in [-0.2, 0) is 9.53 Å². The fourth-order valence-corrected chi connectivity index (χ4v) is 5.29. The van der Waals surface area contributed by atoms with Gasteiger partial charge in [-0.05, 0) is 50.7 Å². The van der Waals surface area contributed by atoms with E-state index in [9.17, 15) is 9.18 Å². The van der Waals surface area contributed by atoms with Crippen molar-refractivity contribution in [2.45, 2.75) is 57.5 Å². The SMILES string of the molecule is C[C@]1(C(N)=O)CC[C@H](n2c(Nc3c(F)cc(C#N)cc3Cl)nc3cnc(NC4CCOCC4)nc32)CC1. The maximum atomic E-state index is 14.9. The van der Waals surface area contributed by atoms with Gasteiger partial charge in [0.05, 0.1) is 28.5 Å². The third-order valence-corrected chi connectivity index (χ3v) is 7.71. The van der Waals surface area contributed by atoms with Crippen LogP contribution < -0.4 is 16.4 Å². The first kappa shape index (κ1) is 25.2. The minimum Gasteiger partial charge on any atom is -0.381 e. The number of imidazole rings is 1. The molecule has 12 heteroatoms. The Balaban J connectivity index is 1.54. The molecule has 37 heavy (non-hydrogen) atoms. The topological polar surface area (TPSA) is 144 Å². The summed E-state index contributed by atoms with van der Waals surface area (Å²) < 4.78 is 22.3. The highest BCUT2D eigenvalue weighted by molar-refractivity contribution is 6.33. The van der Waals surface area contributed by atoms with Gasteiger partial charge in [0.1, 0.15) is 11.3 Å². The van der Waals surface area contributed by atoms with Crippen LogP contribution in [0.5, 0.6) is 0 Å². The number of aromatic nitrogens is 4. The number of primary amides is 1. The minimum atomic E-state index is -0.666. The number of nitriles is 1. The van der Waals surface area contributed by atoms with Crippen molar-refractivity contribution >= 4 is 46.3 Å². The lowest BCUT2D eigenvalue weighted by molar-refractivity contribution is -0.128. The predicted molar refractivity (Wildman–Crippen MR) is 137 cm³/mol. The molecule has 2 aliphatic rings. The van der Waals surface area contributed by atoms with Crippen LogP contribution in [0.4, 0.5) is 22.0 Å². The zero-order valence-corrected chi connectivity index (χ0v) is 21.2. The van der Waals surface area contributed by atoms with Crippen molar-refractivity contribution in [1.82, 2.24) is 19.5 Å². The molecule has 3 heterocycles. The molecule has 1 aliphatic carbocycles. The quantitative estimate of drug-likeness (QED) is 0.428. The predicted octanol–water partition coefficient (Wildman–Crippen LogP) is 4.43. The van der Waals surface area contributed by atoms with E-state index < -0.39 is 11.2 Å². The van der Waals surface area contributed by atoms with Crippen molar-refractivity contribution in [3.8, 4) is 6.07 Å². The second-order valence-electron chi connectivity index (χ2n) is 9.95. The van der Waals surface area contributed by atoms with Crippen LogP contribution in [0.15, 0.2) is 18.3 Å². The molecule has 194 valence electrons. The van der Waals surface area contributed by atoms with Crippen molar-refractivity contribution in [2.24, 2.45) is 11.1 Å². The molecule has 3 aromatic rings. The first-order chi connectivity index (χ1) is 17.8. The number of rotatable bonds is 6. The summed E-state index contributed by atoms with van der Waals surface area (Å²) in [6, 6.07) is 4.56. The number of nitrogens with one attached hydrogen (secondary N) is 2. The van der Waals surface area contributed by atoms with Gasteiger partial charge in [0.2, 0.25) is 17.8 Å². The van der Waals surface area contributed by atoms with Crippen molar-refractivity contribution in [3.05, 3.63) is 34.7 Å². The van der Waals surface area contributed by atoms with Gasteiger partial charge in [0, 0.05) is 30.7 Å². The van der Waals surface area contributed by atoms with Gasteiger partial charge in [0.15, 0.2) is 5.65 Å². The van der Waals surface area contributed by atoms with Crippen LogP contribution in [0.25, 0.3) is 11.2 Å². The second-order valence-corrected chi connectivity index (χ2v) is 10.4. The highest BCUT2D eigenvalue weighted by Gasteiger charge is 2.38. The lowest BCUT2D eigenvalue weighted by Crippen LogP contribution is -2.38. The van der Waals surface area contributed by atoms with E-state index >= 15 is 0 Å². The molecule has 1 saturated heterocycles. The molecule has 5 rings (SSSR count). The number of anilines is 3. The highest BCUT2D eigenvalue weighted by atomic mass is 35.5. The number of amides is 1. The maximum Gasteiger partial charge on any atom is 0.224 e. The molecule has 1 saturated carbocycles. The molecule has 1 aliphatic heterocycles. The van der Waals surface area contributed by atoms with Crippen molar-refractivity contribution < 1.29 is 13.9 Å². The largest absolute Gasteiger partial charge is 0.381 e. The van der Waals surface area contributed by atoms with Gasteiger partial charge in [-0.15, -0.1) is 0 Å². The van der Waals surface area contributed by atoms with Crippen LogP contribution in [0.2, 0.25) is 5.02 Å². The van der Waals surface area contributed by atoms with E-state index in [1.54, 1.807) is 6.20 Å². The number of ether oxygens (including phenoxy) is 1. The maximum absolute atomic E-state index is 14.9. The Morgan fingerprint density at radius 2 is 2.00 bits per heavy atom. The van der Waals surface area contributed by atoms with Gasteiger partial charge in [0.25, 0.3) is 0 Å². The molecule has 2 fully saturated rings. The van der Waals surface area contributed by atoms with Gasteiger partial charge in [-0.2, -0.15) is 10.2 Å². The van der Waals surface area contributed by atoms with Crippen molar-refractivity contribution in [2.75, 3.05) is 23.8 Å². The third-order valence-electron chi connectivity index (χ3n) is 7.41. The van der Waals surface area contributed by atoms with Crippen LogP contribution >= 0.6 is 11.6 Å². The molecular formula is C25H28ClFN8O2. The molecule has 0 bridgehead atoms. The normalized spacial score (nSPS) is 22.5. The van der Waals surface area contributed by atoms with E-state index in [0.29, 0.717) is 62.0 Å². The summed E-state index contributed by atoms with van der Waals surface area (Å²) in [5.74, 6) is -0.143. The summed E-state index contributed by atoms with van der Waals surface area (Å²) in [7, 11) is 0. The number of carbonyl (C=O) groups excluding carboxylic acids is 1. The van der Waals surface area contributed by atoms with Crippen molar-refractivity contribution in [3.63, 3.8) is 0 Å². The van der Waals surface area contributed by atoms with Crippen LogP contribution in [0.3, 0.4) is 0 Å². The standard InChI is InChI=1S/C25H28ClFN8O2/c1-25(22(29)36)6-2-16(3-7-25)35-21-19(13-30-23(34-21)31-15-4-8-37-9-5-15)32-24(35)33-20-17(26)10-14(12-28)11-18(20)27/h10-11,13,15-16H,2-9H2,1H3,(H2,29,36)(H,32,33)(H,30,31,34)/t16-,25-. The zero-order valence-electron chi connectivity index (χ0n) is 20.4. The Labute approximate surface area is 218 Å². The lowest BCUT2D eigenvalue weighted by atomic mass is 9.73. The van der Waals surface area contributed by atoms with E-state index in [0.717, 1.165) is 18.9 Å². The van der Waals surface area contributed by atoms with Gasteiger partial charge in [-0.1, -0.05) is 18.5 Å². The number of benzene rings is 1. The highest BCUT2D eigenvalue weighted by Crippen LogP contribution is 2.43. The van der Waals surface area contributed by atoms with Crippen molar-refractivity contribution in [1.29, 1.82) is 5.26 Å². The van der Waals surface area contributed by atoms with Crippen LogP contribution in [-0.4, -0.2) is 44.7 Å². The lowest BCUT2D eigenvalue weighted by Gasteiger charge is -2.35. The molecule has 0 spiro atoms. The summed E-state index contributed by atoms with van der Waals surface area (Å²) in [6.45, 7) is 3.26. The molecule has 2 aromatic heterocycles. The average molecular weight is 527 g/mol. The second kappa shape index (κ2) is 10.1. The number of halogens is 2. The Bertz CT molecular complexity index is 1350. The molecule has 4 N–H and O–H groups in total. The molecule has 0 atom stereocenters. The molecule has 1 amide bonds. The summed E-state index contributed by atoms with van der Waals surface area (Å²) in [5, 5.41) is 15.6. The summed E-state index contributed by atoms with van der Waals surface area (Å²) in [6.07, 6.45) is 5.90. The first-order valence-corrected chi connectivity index (χ1v) is 12.7. The molecule has 1 aromatic carbocycles. The Morgan fingerprint density at radius 3 is 2.65 bits per heavy atom. The summed E-state index contributed by atoms with van der Waals surface area (Å²) >= 11 is 6.32. The number of fused-ring (bicyclic) bond motifs is 1. The van der Waals surface area contributed by atoms with E-state index in [1.165, 1.54) is 6.07 Å². The fourth-order valence-electron chi connectivity index (χ4n) is 5.03. The van der Waals surface area contributed by atoms with Crippen LogP contribution in [0.1, 0.15) is 57.1 Å². The molecule has 0 unspecified atom stereocenters. The van der Waals surface area contributed by atoms with E-state index in [2.05, 4.69) is 20.6 Å². The molecule has 0 radical (unpaired) electrons. The van der Waals surface area contributed by atoms with Gasteiger partial charge in [-0.25, -0.2) is 14.4 Å². The molecular weight excluding hydrogens is 499 g/mol. The number of hydrogen-bond donors (Lipinski definition) is 3. The summed E-state index contributed by atoms with van der Waals surface area (Å²) in [4.78, 5) is 25.9. The van der Waals surface area contributed by atoms with Gasteiger partial charge in [-0.3, -0.25) is 9.36 Å².